The molecule has 5 nitrogen and oxygen atoms in total. The Morgan fingerprint density at radius 3 is 2.64 bits per heavy atom. The second-order valence-corrected chi connectivity index (χ2v) is 8.80. The molecule has 0 saturated carbocycles. The summed E-state index contributed by atoms with van der Waals surface area (Å²) in [5, 5.41) is 10.3. The van der Waals surface area contributed by atoms with Gasteiger partial charge in [0.15, 0.2) is 0 Å². The maximum Gasteiger partial charge on any atom is 0.416 e. The molecule has 1 unspecified atom stereocenters. The largest absolute Gasteiger partial charge is 0.480 e. The first-order chi connectivity index (χ1) is 15.7. The highest BCUT2D eigenvalue weighted by Gasteiger charge is 2.36. The van der Waals surface area contributed by atoms with Gasteiger partial charge in [0, 0.05) is 34.7 Å². The summed E-state index contributed by atoms with van der Waals surface area (Å²) in [4.78, 5) is 26.5. The number of rotatable bonds is 3. The number of alkyl halides is 3. The van der Waals surface area contributed by atoms with Gasteiger partial charge < -0.3 is 14.6 Å². The van der Waals surface area contributed by atoms with Crippen LogP contribution in [-0.4, -0.2) is 28.1 Å². The van der Waals surface area contributed by atoms with Gasteiger partial charge in [0.1, 0.15) is 6.54 Å². The van der Waals surface area contributed by atoms with Crippen LogP contribution in [0.1, 0.15) is 35.2 Å². The zero-order valence-corrected chi connectivity index (χ0v) is 17.9. The van der Waals surface area contributed by atoms with Gasteiger partial charge in [-0.3, -0.25) is 9.59 Å². The van der Waals surface area contributed by atoms with Gasteiger partial charge in [-0.25, -0.2) is 0 Å². The van der Waals surface area contributed by atoms with Crippen molar-refractivity contribution in [1.29, 1.82) is 0 Å². The summed E-state index contributed by atoms with van der Waals surface area (Å²) in [5.41, 5.74) is 3.11. The van der Waals surface area contributed by atoms with Crippen molar-refractivity contribution in [2.45, 2.75) is 44.8 Å². The zero-order valence-electron chi connectivity index (χ0n) is 17.9. The molecule has 2 heterocycles. The second kappa shape index (κ2) is 7.93. The molecule has 1 N–H and O–H groups in total. The average molecular weight is 456 g/mol. The van der Waals surface area contributed by atoms with Crippen LogP contribution in [0.4, 0.5) is 18.9 Å². The van der Waals surface area contributed by atoms with E-state index in [1.54, 1.807) is 4.57 Å². The molecule has 1 aromatic heterocycles. The Morgan fingerprint density at radius 1 is 1.09 bits per heavy atom. The number of amides is 1. The summed E-state index contributed by atoms with van der Waals surface area (Å²) in [6.07, 6.45) is -1.57. The Bertz CT molecular complexity index is 1260. The van der Waals surface area contributed by atoms with Crippen molar-refractivity contribution in [2.24, 2.45) is 5.92 Å². The van der Waals surface area contributed by atoms with Crippen LogP contribution in [0.5, 0.6) is 0 Å². The van der Waals surface area contributed by atoms with E-state index in [4.69, 9.17) is 0 Å². The lowest BCUT2D eigenvalue weighted by molar-refractivity contribution is -0.138. The number of carbonyl (C=O) groups excluding carboxylic acids is 1. The van der Waals surface area contributed by atoms with Gasteiger partial charge in [-0.15, -0.1) is 0 Å². The van der Waals surface area contributed by atoms with Crippen LogP contribution >= 0.6 is 0 Å². The van der Waals surface area contributed by atoms with E-state index in [1.807, 2.05) is 24.3 Å². The number of aromatic nitrogens is 1. The zero-order chi connectivity index (χ0) is 23.3. The molecule has 1 aliphatic carbocycles. The van der Waals surface area contributed by atoms with Gasteiger partial charge >= 0.3 is 12.1 Å². The molecule has 1 aliphatic heterocycles. The Balaban J connectivity index is 1.48. The predicted molar refractivity (Wildman–Crippen MR) is 117 cm³/mol. The van der Waals surface area contributed by atoms with Crippen molar-refractivity contribution >= 4 is 28.5 Å². The smallest absolute Gasteiger partial charge is 0.416 e. The number of fused-ring (bicyclic) bond motifs is 4. The molecule has 3 aromatic rings. The lowest BCUT2D eigenvalue weighted by atomic mass is 9.84. The van der Waals surface area contributed by atoms with Gasteiger partial charge in [-0.2, -0.15) is 13.2 Å². The van der Waals surface area contributed by atoms with Gasteiger partial charge in [-0.05, 0) is 61.4 Å². The fourth-order valence-electron chi connectivity index (χ4n) is 5.33. The van der Waals surface area contributed by atoms with Crippen molar-refractivity contribution < 1.29 is 27.9 Å². The quantitative estimate of drug-likeness (QED) is 0.614. The number of hydrogen-bond acceptors (Lipinski definition) is 2. The molecular weight excluding hydrogens is 433 g/mol. The van der Waals surface area contributed by atoms with Crippen LogP contribution in [0, 0.1) is 5.92 Å². The normalized spacial score (nSPS) is 18.2. The monoisotopic (exact) mass is 456 g/mol. The van der Waals surface area contributed by atoms with E-state index in [0.717, 1.165) is 39.9 Å². The number of hydrogen-bond donors (Lipinski definition) is 1. The number of halogens is 3. The molecule has 8 heteroatoms. The summed E-state index contributed by atoms with van der Waals surface area (Å²) in [6.45, 7) is 0.255. The summed E-state index contributed by atoms with van der Waals surface area (Å²) in [6, 6.07) is 11.2. The fourth-order valence-corrected chi connectivity index (χ4v) is 5.33. The van der Waals surface area contributed by atoms with E-state index in [-0.39, 0.29) is 18.4 Å². The lowest BCUT2D eigenvalue weighted by Gasteiger charge is -2.34. The highest BCUT2D eigenvalue weighted by Crippen LogP contribution is 2.39. The Labute approximate surface area is 188 Å². The molecule has 5 rings (SSSR count). The van der Waals surface area contributed by atoms with E-state index in [0.29, 0.717) is 44.3 Å². The van der Waals surface area contributed by atoms with Crippen LogP contribution in [0.2, 0.25) is 0 Å². The maximum atomic E-state index is 13.6. The van der Waals surface area contributed by atoms with Gasteiger partial charge in [-0.1, -0.05) is 24.3 Å². The number of nitrogens with zero attached hydrogens (tertiary/aromatic N) is 2. The number of benzene rings is 2. The third-order valence-electron chi connectivity index (χ3n) is 6.81. The number of carboxylic acids is 1. The average Bonchev–Trinajstić information content (AvgIpc) is 3.10. The van der Waals surface area contributed by atoms with E-state index >= 15 is 0 Å². The van der Waals surface area contributed by atoms with Crippen LogP contribution in [0.15, 0.2) is 42.5 Å². The summed E-state index contributed by atoms with van der Waals surface area (Å²) >= 11 is 0. The predicted octanol–water partition coefficient (Wildman–Crippen LogP) is 4.83. The first-order valence-electron chi connectivity index (χ1n) is 11.1. The highest BCUT2D eigenvalue weighted by atomic mass is 19.4. The number of anilines is 1. The minimum atomic E-state index is -4.47. The summed E-state index contributed by atoms with van der Waals surface area (Å²) in [7, 11) is 0. The lowest BCUT2D eigenvalue weighted by Crippen LogP contribution is -2.41. The van der Waals surface area contributed by atoms with Crippen molar-refractivity contribution in [3.05, 3.63) is 64.8 Å². The summed E-state index contributed by atoms with van der Waals surface area (Å²) in [5.74, 6) is -1.44. The van der Waals surface area contributed by atoms with Crippen molar-refractivity contribution in [2.75, 3.05) is 11.4 Å². The second-order valence-electron chi connectivity index (χ2n) is 8.80. The topological polar surface area (TPSA) is 62.5 Å². The van der Waals surface area contributed by atoms with Gasteiger partial charge in [0.2, 0.25) is 5.91 Å². The highest BCUT2D eigenvalue weighted by molar-refractivity contribution is 5.97. The van der Waals surface area contributed by atoms with E-state index in [9.17, 15) is 27.9 Å². The number of carbonyl (C=O) groups is 2. The minimum absolute atomic E-state index is 0.145. The van der Waals surface area contributed by atoms with Gasteiger partial charge in [0.05, 0.1) is 5.56 Å². The molecule has 0 radical (unpaired) electrons. The third kappa shape index (κ3) is 3.77. The minimum Gasteiger partial charge on any atom is -0.480 e. The van der Waals surface area contributed by atoms with E-state index < -0.39 is 17.7 Å². The van der Waals surface area contributed by atoms with Gasteiger partial charge in [0.25, 0.3) is 0 Å². The maximum absolute atomic E-state index is 13.6. The standard InChI is InChI=1S/C25H23F3N2O3/c26-25(27,28)17-9-7-15-4-3-11-29(22(15)13-17)24(33)16-8-10-21-19(12-16)18-5-1-2-6-20(18)30(21)14-23(31)32/h1-2,5-7,9,13,16H,3-4,8,10-12,14H2,(H,31,32). The number of aliphatic carboxylic acids is 1. The molecule has 0 saturated heterocycles. The molecule has 0 spiro atoms. The molecular formula is C25H23F3N2O3. The molecule has 2 aliphatic rings. The molecule has 1 amide bonds. The molecule has 2 aromatic carbocycles. The number of aryl methyl sites for hydroxylation is 1. The number of carboxylic acid groups (broad SMARTS) is 1. The third-order valence-corrected chi connectivity index (χ3v) is 6.81. The van der Waals surface area contributed by atoms with E-state index in [2.05, 4.69) is 0 Å². The number of para-hydroxylation sites is 1. The van der Waals surface area contributed by atoms with Crippen molar-refractivity contribution in [1.82, 2.24) is 4.57 Å². The molecule has 172 valence electrons. The first-order valence-corrected chi connectivity index (χ1v) is 11.1. The SMILES string of the molecule is O=C(O)Cn1c2c(c3ccccc31)CC(C(=O)N1CCCc3ccc(C(F)(F)F)cc31)CC2. The Kier molecular flexibility index (Phi) is 5.18. The molecule has 0 bridgehead atoms. The fraction of sp³-hybridized carbons (Fsp3) is 0.360. The van der Waals surface area contributed by atoms with Crippen LogP contribution in [-0.2, 0) is 41.6 Å². The van der Waals surface area contributed by atoms with Crippen LogP contribution in [0.25, 0.3) is 10.9 Å². The van der Waals surface area contributed by atoms with Crippen molar-refractivity contribution in [3.63, 3.8) is 0 Å². The Morgan fingerprint density at radius 2 is 1.88 bits per heavy atom. The molecule has 0 fully saturated rings. The Hall–Kier alpha value is -3.29. The van der Waals surface area contributed by atoms with Crippen LogP contribution in [0.3, 0.4) is 0 Å². The molecule has 1 atom stereocenters. The van der Waals surface area contributed by atoms with E-state index in [1.165, 1.54) is 11.0 Å². The van der Waals surface area contributed by atoms with Crippen LogP contribution < -0.4 is 4.90 Å². The summed E-state index contributed by atoms with van der Waals surface area (Å²) < 4.78 is 41.7. The van der Waals surface area contributed by atoms with Crippen molar-refractivity contribution in [3.8, 4) is 0 Å². The molecule has 33 heavy (non-hydrogen) atoms. The first kappa shape index (κ1) is 21.6.